The van der Waals surface area contributed by atoms with Crippen molar-refractivity contribution in [3.05, 3.63) is 17.5 Å². The van der Waals surface area contributed by atoms with Crippen molar-refractivity contribution in [2.75, 3.05) is 12.0 Å². The van der Waals surface area contributed by atoms with Crippen LogP contribution < -0.4 is 5.43 Å². The van der Waals surface area contributed by atoms with E-state index in [2.05, 4.69) is 41.3 Å². The van der Waals surface area contributed by atoms with E-state index in [0.717, 1.165) is 18.6 Å². The smallest absolute Gasteiger partial charge is 0.341 e. The molecule has 0 spiro atoms. The van der Waals surface area contributed by atoms with Crippen molar-refractivity contribution in [1.82, 2.24) is 9.97 Å². The first-order valence-electron chi connectivity index (χ1n) is 8.13. The quantitative estimate of drug-likeness (QED) is 0.678. The third kappa shape index (κ3) is 4.74. The van der Waals surface area contributed by atoms with Gasteiger partial charge in [-0.3, -0.25) is 0 Å². The van der Waals surface area contributed by atoms with Crippen LogP contribution in [0, 0.1) is 18.3 Å². The molecule has 1 saturated carbocycles. The zero-order chi connectivity index (χ0) is 17.0. The molecule has 1 fully saturated rings. The Bertz CT molecular complexity index is 611. The summed E-state index contributed by atoms with van der Waals surface area (Å²) < 4.78 is 4.97. The van der Waals surface area contributed by atoms with Crippen molar-refractivity contribution in [3.63, 3.8) is 0 Å². The highest BCUT2D eigenvalue weighted by atomic mass is 16.5. The maximum atomic E-state index is 11.7. The minimum Gasteiger partial charge on any atom is -0.462 e. The first-order valence-corrected chi connectivity index (χ1v) is 8.13. The first kappa shape index (κ1) is 17.4. The summed E-state index contributed by atoms with van der Waals surface area (Å²) in [5, 5.41) is 4.48. The number of ether oxygens (including phenoxy) is 1. The number of carbonyl (C=O) groups is 1. The van der Waals surface area contributed by atoms with E-state index in [9.17, 15) is 4.79 Å². The number of hydrogen-bond acceptors (Lipinski definition) is 6. The Kier molecular flexibility index (Phi) is 5.34. The average Bonchev–Trinajstić information content (AvgIpc) is 2.43. The lowest BCUT2D eigenvalue weighted by molar-refractivity contribution is 0.0524. The minimum atomic E-state index is -0.397. The molecule has 6 heteroatoms. The van der Waals surface area contributed by atoms with E-state index in [4.69, 9.17) is 4.74 Å². The number of aromatic nitrogens is 2. The van der Waals surface area contributed by atoms with Crippen molar-refractivity contribution < 1.29 is 9.53 Å². The monoisotopic (exact) mass is 318 g/mol. The fourth-order valence-corrected chi connectivity index (χ4v) is 3.26. The third-order valence-corrected chi connectivity index (χ3v) is 3.96. The molecule has 1 aromatic heterocycles. The van der Waals surface area contributed by atoms with Crippen LogP contribution in [0.5, 0.6) is 0 Å². The lowest BCUT2D eigenvalue weighted by atomic mass is 9.72. The van der Waals surface area contributed by atoms with E-state index < -0.39 is 5.97 Å². The van der Waals surface area contributed by atoms with Gasteiger partial charge >= 0.3 is 5.97 Å². The fourth-order valence-electron chi connectivity index (χ4n) is 3.26. The van der Waals surface area contributed by atoms with Crippen molar-refractivity contribution in [2.45, 2.75) is 53.9 Å². The van der Waals surface area contributed by atoms with Gasteiger partial charge in [0, 0.05) is 11.9 Å². The van der Waals surface area contributed by atoms with Crippen LogP contribution in [0.2, 0.25) is 0 Å². The van der Waals surface area contributed by atoms with Crippen molar-refractivity contribution in [2.24, 2.45) is 16.4 Å². The lowest BCUT2D eigenvalue weighted by Crippen LogP contribution is -2.28. The van der Waals surface area contributed by atoms with Gasteiger partial charge in [-0.15, -0.1) is 0 Å². The van der Waals surface area contributed by atoms with Gasteiger partial charge in [0.1, 0.15) is 0 Å². The zero-order valence-corrected chi connectivity index (χ0v) is 14.6. The Labute approximate surface area is 137 Å². The van der Waals surface area contributed by atoms with Gasteiger partial charge in [-0.2, -0.15) is 5.10 Å². The molecule has 0 aliphatic heterocycles. The van der Waals surface area contributed by atoms with Gasteiger partial charge in [-0.1, -0.05) is 20.8 Å². The van der Waals surface area contributed by atoms with Gasteiger partial charge in [0.2, 0.25) is 5.95 Å². The Morgan fingerprint density at radius 1 is 1.52 bits per heavy atom. The van der Waals surface area contributed by atoms with Crippen LogP contribution in [0.15, 0.2) is 11.3 Å². The molecule has 0 amide bonds. The highest BCUT2D eigenvalue weighted by molar-refractivity contribution is 5.90. The fraction of sp³-hybridized carbons (Fsp3) is 0.647. The Morgan fingerprint density at radius 3 is 2.87 bits per heavy atom. The summed E-state index contributed by atoms with van der Waals surface area (Å²) >= 11 is 0. The second kappa shape index (κ2) is 7.06. The number of anilines is 1. The van der Waals surface area contributed by atoms with E-state index >= 15 is 0 Å². The summed E-state index contributed by atoms with van der Waals surface area (Å²) in [6, 6.07) is 0. The molecule has 6 nitrogen and oxygen atoms in total. The Hall–Kier alpha value is -1.98. The maximum Gasteiger partial charge on any atom is 0.341 e. The number of hydrogen-bond donors (Lipinski definition) is 1. The van der Waals surface area contributed by atoms with Gasteiger partial charge in [0.25, 0.3) is 0 Å². The van der Waals surface area contributed by atoms with Crippen LogP contribution in [-0.4, -0.2) is 28.3 Å². The number of hydrazone groups is 1. The molecule has 23 heavy (non-hydrogen) atoms. The number of esters is 1. The van der Waals surface area contributed by atoms with Crippen LogP contribution >= 0.6 is 0 Å². The van der Waals surface area contributed by atoms with Gasteiger partial charge in [0.05, 0.1) is 17.9 Å². The second-order valence-electron chi connectivity index (χ2n) is 7.06. The summed E-state index contributed by atoms with van der Waals surface area (Å²) in [5.74, 6) is 0.637. The predicted molar refractivity (Wildman–Crippen MR) is 90.6 cm³/mol. The van der Waals surface area contributed by atoms with Gasteiger partial charge in [0.15, 0.2) is 0 Å². The molecule has 1 aliphatic carbocycles. The van der Waals surface area contributed by atoms with Crippen molar-refractivity contribution in [1.29, 1.82) is 0 Å². The van der Waals surface area contributed by atoms with E-state index in [-0.39, 0.29) is 5.41 Å². The minimum absolute atomic E-state index is 0.280. The van der Waals surface area contributed by atoms with E-state index in [0.29, 0.717) is 29.7 Å². The summed E-state index contributed by atoms with van der Waals surface area (Å²) in [5.41, 5.74) is 5.32. The van der Waals surface area contributed by atoms with Gasteiger partial charge in [-0.25, -0.2) is 20.2 Å². The first-order chi connectivity index (χ1) is 10.8. The largest absolute Gasteiger partial charge is 0.462 e. The van der Waals surface area contributed by atoms with Gasteiger partial charge < -0.3 is 4.74 Å². The van der Waals surface area contributed by atoms with Crippen LogP contribution in [-0.2, 0) is 4.74 Å². The number of nitrogens with zero attached hydrogens (tertiary/aromatic N) is 3. The molecule has 1 aliphatic rings. The van der Waals surface area contributed by atoms with Crippen LogP contribution in [0.4, 0.5) is 5.95 Å². The summed E-state index contributed by atoms with van der Waals surface area (Å²) in [6.45, 7) is 10.7. The second-order valence-corrected chi connectivity index (χ2v) is 7.06. The van der Waals surface area contributed by atoms with Gasteiger partial charge in [-0.05, 0) is 44.4 Å². The molecule has 1 atom stereocenters. The van der Waals surface area contributed by atoms with E-state index in [1.54, 1.807) is 13.8 Å². The Morgan fingerprint density at radius 2 is 2.26 bits per heavy atom. The number of nitrogens with one attached hydrogen (secondary N) is 1. The summed E-state index contributed by atoms with van der Waals surface area (Å²) in [4.78, 5) is 20.2. The molecule has 0 radical (unpaired) electrons. The lowest BCUT2D eigenvalue weighted by Gasteiger charge is -2.34. The molecular formula is C17H26N4O2. The van der Waals surface area contributed by atoms with E-state index in [1.165, 1.54) is 12.6 Å². The number of rotatable bonds is 4. The molecule has 0 saturated heterocycles. The van der Waals surface area contributed by atoms with Crippen molar-refractivity contribution >= 4 is 17.6 Å². The SMILES string of the molecule is CCOC(=O)c1cnc(N/N=C2/C[C@@H](C)CC(C)(C)C2)nc1C. The molecule has 126 valence electrons. The Balaban J connectivity index is 2.07. The molecule has 1 N–H and O–H groups in total. The molecule has 0 bridgehead atoms. The zero-order valence-electron chi connectivity index (χ0n) is 14.6. The molecular weight excluding hydrogens is 292 g/mol. The normalized spacial score (nSPS) is 22.0. The van der Waals surface area contributed by atoms with Crippen molar-refractivity contribution in [3.8, 4) is 0 Å². The number of aryl methyl sites for hydroxylation is 1. The summed E-state index contributed by atoms with van der Waals surface area (Å²) in [7, 11) is 0. The molecule has 2 rings (SSSR count). The topological polar surface area (TPSA) is 76.5 Å². The van der Waals surface area contributed by atoms with Crippen LogP contribution in [0.3, 0.4) is 0 Å². The number of carbonyl (C=O) groups excluding carboxylic acids is 1. The average molecular weight is 318 g/mol. The third-order valence-electron chi connectivity index (χ3n) is 3.96. The molecule has 0 unspecified atom stereocenters. The van der Waals surface area contributed by atoms with Crippen LogP contribution in [0.1, 0.15) is 63.0 Å². The molecule has 0 aromatic carbocycles. The van der Waals surface area contributed by atoms with Crippen LogP contribution in [0.25, 0.3) is 0 Å². The standard InChI is InChI=1S/C17H26N4O2/c1-6-23-15(22)14-10-18-16(19-12(14)3)21-20-13-7-11(2)8-17(4,5)9-13/h10-11H,6-9H2,1-5H3,(H,18,19,21)/b20-13-/t11-/m1/s1. The summed E-state index contributed by atoms with van der Waals surface area (Å²) in [6.07, 6.45) is 4.67. The molecule has 1 aromatic rings. The highest BCUT2D eigenvalue weighted by Gasteiger charge is 2.29. The van der Waals surface area contributed by atoms with E-state index in [1.807, 2.05) is 0 Å². The predicted octanol–water partition coefficient (Wildman–Crippen LogP) is 3.58. The highest BCUT2D eigenvalue weighted by Crippen LogP contribution is 2.36. The maximum absolute atomic E-state index is 11.7. The molecule has 1 heterocycles.